The highest BCUT2D eigenvalue weighted by Gasteiger charge is 2.22. The van der Waals surface area contributed by atoms with Crippen molar-refractivity contribution in [3.63, 3.8) is 0 Å². The lowest BCUT2D eigenvalue weighted by atomic mass is 10.0. The van der Waals surface area contributed by atoms with E-state index in [1.807, 2.05) is 0 Å². The molecule has 0 saturated carbocycles. The molecule has 1 amide bonds. The van der Waals surface area contributed by atoms with Gasteiger partial charge in [-0.05, 0) is 37.1 Å². The van der Waals surface area contributed by atoms with Gasteiger partial charge in [-0.3, -0.25) is 9.69 Å². The van der Waals surface area contributed by atoms with Crippen LogP contribution in [0.15, 0.2) is 18.2 Å². The monoisotopic (exact) mass is 298 g/mol. The molecule has 0 saturated heterocycles. The highest BCUT2D eigenvalue weighted by atomic mass is 19.1. The van der Waals surface area contributed by atoms with Crippen molar-refractivity contribution in [3.05, 3.63) is 35.1 Å². The van der Waals surface area contributed by atoms with Crippen molar-refractivity contribution in [2.45, 2.75) is 26.0 Å². The summed E-state index contributed by atoms with van der Waals surface area (Å²) >= 11 is 0. The summed E-state index contributed by atoms with van der Waals surface area (Å²) in [6.45, 7) is 4.53. The number of benzene rings is 1. The minimum absolute atomic E-state index is 0.222. The van der Waals surface area contributed by atoms with Crippen LogP contribution >= 0.6 is 0 Å². The van der Waals surface area contributed by atoms with Crippen molar-refractivity contribution < 1.29 is 19.0 Å². The van der Waals surface area contributed by atoms with Crippen LogP contribution in [0.3, 0.4) is 0 Å². The van der Waals surface area contributed by atoms with E-state index in [0.717, 1.165) is 0 Å². The number of ether oxygens (including phenoxy) is 1. The molecular formula is C15H23FN2O3. The van der Waals surface area contributed by atoms with Gasteiger partial charge in [0.05, 0.1) is 18.8 Å². The van der Waals surface area contributed by atoms with Crippen LogP contribution in [0.2, 0.25) is 0 Å². The summed E-state index contributed by atoms with van der Waals surface area (Å²) in [5.74, 6) is -0.806. The van der Waals surface area contributed by atoms with Gasteiger partial charge in [-0.15, -0.1) is 0 Å². The first-order valence-electron chi connectivity index (χ1n) is 6.83. The number of rotatable bonds is 8. The van der Waals surface area contributed by atoms with Crippen molar-refractivity contribution in [1.82, 2.24) is 4.90 Å². The second kappa shape index (κ2) is 8.07. The maximum atomic E-state index is 13.1. The highest BCUT2D eigenvalue weighted by molar-refractivity contribution is 5.79. The molecular weight excluding hydrogens is 275 g/mol. The van der Waals surface area contributed by atoms with E-state index >= 15 is 0 Å². The third-order valence-corrected chi connectivity index (χ3v) is 3.54. The van der Waals surface area contributed by atoms with Crippen molar-refractivity contribution in [3.8, 4) is 0 Å². The smallest absolute Gasteiger partial charge is 0.234 e. The Hall–Kier alpha value is -1.50. The second-order valence-corrected chi connectivity index (χ2v) is 5.08. The van der Waals surface area contributed by atoms with Gasteiger partial charge < -0.3 is 15.6 Å². The first kappa shape index (κ1) is 17.6. The lowest BCUT2D eigenvalue weighted by molar-refractivity contribution is -0.123. The molecule has 0 bridgehead atoms. The zero-order chi connectivity index (χ0) is 16.0. The Labute approximate surface area is 124 Å². The standard InChI is InChI=1S/C15H23FN2O3/c1-10-8-12(16)4-5-13(10)14(19)9-18(6-7-21-3)11(2)15(17)20/h4-5,8,11,14,19H,6-7,9H2,1-3H3,(H2,17,20). The summed E-state index contributed by atoms with van der Waals surface area (Å²) in [4.78, 5) is 13.1. The van der Waals surface area contributed by atoms with Crippen LogP contribution in [0.25, 0.3) is 0 Å². The van der Waals surface area contributed by atoms with E-state index in [1.54, 1.807) is 31.9 Å². The predicted molar refractivity (Wildman–Crippen MR) is 78.2 cm³/mol. The van der Waals surface area contributed by atoms with Gasteiger partial charge in [-0.1, -0.05) is 6.07 Å². The fourth-order valence-corrected chi connectivity index (χ4v) is 2.17. The number of halogens is 1. The van der Waals surface area contributed by atoms with E-state index in [0.29, 0.717) is 24.3 Å². The van der Waals surface area contributed by atoms with Crippen LogP contribution in [-0.4, -0.2) is 48.8 Å². The molecule has 0 spiro atoms. The number of nitrogens with zero attached hydrogens (tertiary/aromatic N) is 1. The van der Waals surface area contributed by atoms with Gasteiger partial charge in [0.2, 0.25) is 5.91 Å². The second-order valence-electron chi connectivity index (χ2n) is 5.08. The number of primary amides is 1. The number of hydrogen-bond acceptors (Lipinski definition) is 4. The van der Waals surface area contributed by atoms with Gasteiger partial charge >= 0.3 is 0 Å². The quantitative estimate of drug-likeness (QED) is 0.750. The van der Waals surface area contributed by atoms with Crippen LogP contribution in [0.4, 0.5) is 4.39 Å². The predicted octanol–water partition coefficient (Wildman–Crippen LogP) is 0.990. The number of methoxy groups -OCH3 is 1. The van der Waals surface area contributed by atoms with E-state index in [1.165, 1.54) is 12.1 Å². The van der Waals surface area contributed by atoms with E-state index in [-0.39, 0.29) is 12.4 Å². The van der Waals surface area contributed by atoms with Crippen LogP contribution in [0, 0.1) is 12.7 Å². The zero-order valence-corrected chi connectivity index (χ0v) is 12.7. The Bertz CT molecular complexity index is 482. The molecule has 0 aliphatic rings. The Balaban J connectivity index is 2.83. The molecule has 1 aromatic carbocycles. The highest BCUT2D eigenvalue weighted by Crippen LogP contribution is 2.20. The molecule has 2 atom stereocenters. The number of carbonyl (C=O) groups excluding carboxylic acids is 1. The Kier molecular flexibility index (Phi) is 6.74. The van der Waals surface area contributed by atoms with Crippen LogP contribution < -0.4 is 5.73 Å². The van der Waals surface area contributed by atoms with Gasteiger partial charge in [-0.25, -0.2) is 4.39 Å². The first-order valence-corrected chi connectivity index (χ1v) is 6.83. The lowest BCUT2D eigenvalue weighted by Gasteiger charge is -2.29. The van der Waals surface area contributed by atoms with Gasteiger partial charge in [-0.2, -0.15) is 0 Å². The topological polar surface area (TPSA) is 75.8 Å². The Morgan fingerprint density at radius 2 is 2.19 bits per heavy atom. The maximum absolute atomic E-state index is 13.1. The molecule has 0 aliphatic heterocycles. The number of nitrogens with two attached hydrogens (primary N) is 1. The van der Waals surface area contributed by atoms with Crippen LogP contribution in [-0.2, 0) is 9.53 Å². The van der Waals surface area contributed by atoms with Gasteiger partial charge in [0.25, 0.3) is 0 Å². The molecule has 1 aromatic rings. The maximum Gasteiger partial charge on any atom is 0.234 e. The molecule has 2 unspecified atom stereocenters. The Morgan fingerprint density at radius 3 is 2.71 bits per heavy atom. The number of hydrogen-bond donors (Lipinski definition) is 2. The Morgan fingerprint density at radius 1 is 1.52 bits per heavy atom. The van der Waals surface area contributed by atoms with E-state index < -0.39 is 18.1 Å². The number of aliphatic hydroxyl groups excluding tert-OH is 1. The number of amides is 1. The fraction of sp³-hybridized carbons (Fsp3) is 0.533. The summed E-state index contributed by atoms with van der Waals surface area (Å²) in [5.41, 5.74) is 6.62. The summed E-state index contributed by atoms with van der Waals surface area (Å²) in [6.07, 6.45) is -0.829. The molecule has 5 nitrogen and oxygen atoms in total. The number of carbonyl (C=O) groups is 1. The van der Waals surface area contributed by atoms with Crippen LogP contribution in [0.1, 0.15) is 24.2 Å². The van der Waals surface area contributed by atoms with Gasteiger partial charge in [0.15, 0.2) is 0 Å². The third-order valence-electron chi connectivity index (χ3n) is 3.54. The van der Waals surface area contributed by atoms with Crippen molar-refractivity contribution in [1.29, 1.82) is 0 Å². The van der Waals surface area contributed by atoms with Crippen LogP contribution in [0.5, 0.6) is 0 Å². The normalized spacial score (nSPS) is 14.2. The summed E-state index contributed by atoms with van der Waals surface area (Å²) in [5, 5.41) is 10.3. The molecule has 3 N–H and O–H groups in total. The van der Waals surface area contributed by atoms with E-state index in [4.69, 9.17) is 10.5 Å². The van der Waals surface area contributed by atoms with E-state index in [9.17, 15) is 14.3 Å². The summed E-state index contributed by atoms with van der Waals surface area (Å²) in [6, 6.07) is 3.72. The average Bonchev–Trinajstić information content (AvgIpc) is 2.42. The molecule has 21 heavy (non-hydrogen) atoms. The van der Waals surface area contributed by atoms with Crippen molar-refractivity contribution in [2.24, 2.45) is 5.73 Å². The number of aliphatic hydroxyl groups is 1. The lowest BCUT2D eigenvalue weighted by Crippen LogP contribution is -2.46. The molecule has 0 radical (unpaired) electrons. The van der Waals surface area contributed by atoms with Crippen molar-refractivity contribution >= 4 is 5.91 Å². The molecule has 1 rings (SSSR count). The summed E-state index contributed by atoms with van der Waals surface area (Å²) in [7, 11) is 1.56. The fourth-order valence-electron chi connectivity index (χ4n) is 2.17. The van der Waals surface area contributed by atoms with E-state index in [2.05, 4.69) is 0 Å². The number of aryl methyl sites for hydroxylation is 1. The molecule has 0 fully saturated rings. The molecule has 6 heteroatoms. The third kappa shape index (κ3) is 5.08. The zero-order valence-electron chi connectivity index (χ0n) is 12.7. The SMILES string of the molecule is COCCN(CC(O)c1ccc(F)cc1C)C(C)C(N)=O. The molecule has 118 valence electrons. The minimum atomic E-state index is -0.829. The molecule has 0 aromatic heterocycles. The first-order chi connectivity index (χ1) is 9.86. The van der Waals surface area contributed by atoms with Gasteiger partial charge in [0.1, 0.15) is 5.82 Å². The summed E-state index contributed by atoms with van der Waals surface area (Å²) < 4.78 is 18.1. The average molecular weight is 298 g/mol. The molecule has 0 aliphatic carbocycles. The van der Waals surface area contributed by atoms with Gasteiger partial charge in [0, 0.05) is 20.2 Å². The molecule has 0 heterocycles. The van der Waals surface area contributed by atoms with Crippen molar-refractivity contribution in [2.75, 3.05) is 26.8 Å². The largest absolute Gasteiger partial charge is 0.387 e. The minimum Gasteiger partial charge on any atom is -0.387 e.